The molecule has 3 heteroatoms. The predicted octanol–water partition coefficient (Wildman–Crippen LogP) is 5.78. The minimum atomic E-state index is -0.437. The Hall–Kier alpha value is -2.20. The fourth-order valence-corrected chi connectivity index (χ4v) is 3.89. The number of aliphatic hydroxyl groups is 3. The van der Waals surface area contributed by atoms with Crippen LogP contribution >= 0.6 is 0 Å². The van der Waals surface area contributed by atoms with E-state index < -0.39 is 6.10 Å². The Balaban J connectivity index is 2.36. The molecular formula is C28H38O3. The van der Waals surface area contributed by atoms with Gasteiger partial charge in [0.2, 0.25) is 0 Å². The van der Waals surface area contributed by atoms with Crippen molar-refractivity contribution >= 4 is 12.2 Å². The molecule has 0 bridgehead atoms. The number of rotatable bonds is 10. The van der Waals surface area contributed by atoms with E-state index in [2.05, 4.69) is 51.1 Å². The molecule has 2 rings (SSSR count). The molecule has 0 saturated heterocycles. The van der Waals surface area contributed by atoms with Crippen LogP contribution in [0.25, 0.3) is 12.2 Å². The van der Waals surface area contributed by atoms with Gasteiger partial charge in [-0.15, -0.1) is 0 Å². The highest BCUT2D eigenvalue weighted by atomic mass is 16.3. The zero-order valence-electron chi connectivity index (χ0n) is 19.6. The van der Waals surface area contributed by atoms with Crippen LogP contribution in [0.3, 0.4) is 0 Å². The van der Waals surface area contributed by atoms with Gasteiger partial charge in [0.05, 0.1) is 19.3 Å². The van der Waals surface area contributed by atoms with Crippen molar-refractivity contribution in [2.24, 2.45) is 5.92 Å². The minimum Gasteiger partial charge on any atom is -0.392 e. The fraction of sp³-hybridized carbons (Fsp3) is 0.429. The van der Waals surface area contributed by atoms with Gasteiger partial charge in [-0.25, -0.2) is 0 Å². The molecule has 0 heterocycles. The summed E-state index contributed by atoms with van der Waals surface area (Å²) in [7, 11) is 0. The molecule has 2 aromatic carbocycles. The highest BCUT2D eigenvalue weighted by Gasteiger charge is 2.25. The molecule has 168 valence electrons. The summed E-state index contributed by atoms with van der Waals surface area (Å²) in [6.45, 7) is 10.4. The number of aliphatic hydroxyl groups excluding tert-OH is 3. The van der Waals surface area contributed by atoms with Gasteiger partial charge >= 0.3 is 0 Å². The van der Waals surface area contributed by atoms with Crippen molar-refractivity contribution in [3.8, 4) is 0 Å². The molecular weight excluding hydrogens is 384 g/mol. The summed E-state index contributed by atoms with van der Waals surface area (Å²) < 4.78 is 0. The maximum absolute atomic E-state index is 10.1. The van der Waals surface area contributed by atoms with Crippen molar-refractivity contribution in [3.05, 3.63) is 81.9 Å². The zero-order valence-corrected chi connectivity index (χ0v) is 19.6. The molecule has 31 heavy (non-hydrogen) atoms. The van der Waals surface area contributed by atoms with E-state index in [1.807, 2.05) is 44.2 Å². The predicted molar refractivity (Wildman–Crippen MR) is 131 cm³/mol. The fourth-order valence-electron chi connectivity index (χ4n) is 3.89. The molecule has 0 amide bonds. The van der Waals surface area contributed by atoms with E-state index in [9.17, 15) is 15.3 Å². The van der Waals surface area contributed by atoms with Crippen LogP contribution in [0, 0.1) is 12.8 Å². The lowest BCUT2D eigenvalue weighted by Crippen LogP contribution is -2.21. The van der Waals surface area contributed by atoms with Crippen LogP contribution in [0.2, 0.25) is 0 Å². The first-order valence-electron chi connectivity index (χ1n) is 11.3. The summed E-state index contributed by atoms with van der Waals surface area (Å²) in [4.78, 5) is 0. The first kappa shape index (κ1) is 25.1. The minimum absolute atomic E-state index is 0.0674. The smallest absolute Gasteiger partial charge is 0.0747 e. The van der Waals surface area contributed by atoms with E-state index in [0.29, 0.717) is 0 Å². The number of hydrogen-bond acceptors (Lipinski definition) is 3. The molecule has 0 aliphatic heterocycles. The van der Waals surface area contributed by atoms with Gasteiger partial charge in [0.1, 0.15) is 0 Å². The molecule has 0 saturated carbocycles. The highest BCUT2D eigenvalue weighted by Crippen LogP contribution is 2.35. The lowest BCUT2D eigenvalue weighted by Gasteiger charge is -2.30. The van der Waals surface area contributed by atoms with Gasteiger partial charge in [0, 0.05) is 5.41 Å². The summed E-state index contributed by atoms with van der Waals surface area (Å²) in [5.74, 6) is 0.201. The topological polar surface area (TPSA) is 60.7 Å². The number of allylic oxidation sites excluding steroid dienone is 1. The molecule has 1 atom stereocenters. The molecule has 0 fully saturated rings. The third kappa shape index (κ3) is 6.16. The van der Waals surface area contributed by atoms with Gasteiger partial charge in [0.25, 0.3) is 0 Å². The third-order valence-electron chi connectivity index (χ3n) is 6.43. The van der Waals surface area contributed by atoms with Crippen LogP contribution < -0.4 is 0 Å². The zero-order chi connectivity index (χ0) is 23.0. The number of benzene rings is 2. The van der Waals surface area contributed by atoms with Gasteiger partial charge in [-0.2, -0.15) is 0 Å². The van der Waals surface area contributed by atoms with E-state index >= 15 is 0 Å². The second-order valence-electron chi connectivity index (χ2n) is 8.71. The van der Waals surface area contributed by atoms with Crippen LogP contribution in [-0.2, 0) is 18.6 Å². The summed E-state index contributed by atoms with van der Waals surface area (Å²) in [6.07, 6.45) is 9.79. The molecule has 0 spiro atoms. The SMILES string of the molecule is CCC(/C=C/c1ccc(CO)c(CO)c1)(CC)c1ccc(/C=C/C(O)C(C)C)c(C)c1. The van der Waals surface area contributed by atoms with Crippen molar-refractivity contribution in [2.45, 2.75) is 72.2 Å². The Bertz CT molecular complexity index is 904. The number of hydrogen-bond donors (Lipinski definition) is 3. The van der Waals surface area contributed by atoms with Gasteiger partial charge < -0.3 is 15.3 Å². The van der Waals surface area contributed by atoms with Gasteiger partial charge in [0.15, 0.2) is 0 Å². The highest BCUT2D eigenvalue weighted by molar-refractivity contribution is 5.58. The van der Waals surface area contributed by atoms with E-state index in [0.717, 1.165) is 35.1 Å². The van der Waals surface area contributed by atoms with E-state index in [1.54, 1.807) is 0 Å². The van der Waals surface area contributed by atoms with Crippen molar-refractivity contribution < 1.29 is 15.3 Å². The third-order valence-corrected chi connectivity index (χ3v) is 6.43. The van der Waals surface area contributed by atoms with Gasteiger partial charge in [-0.05, 0) is 65.1 Å². The van der Waals surface area contributed by atoms with E-state index in [1.165, 1.54) is 11.1 Å². The molecule has 3 N–H and O–H groups in total. The van der Waals surface area contributed by atoms with Crippen LogP contribution in [0.1, 0.15) is 73.9 Å². The Labute approximate surface area is 187 Å². The van der Waals surface area contributed by atoms with Crippen LogP contribution in [0.4, 0.5) is 0 Å². The lowest BCUT2D eigenvalue weighted by molar-refractivity contribution is 0.173. The molecule has 3 nitrogen and oxygen atoms in total. The van der Waals surface area contributed by atoms with Crippen molar-refractivity contribution in [1.82, 2.24) is 0 Å². The van der Waals surface area contributed by atoms with Crippen LogP contribution in [-0.4, -0.2) is 21.4 Å². The molecule has 0 aromatic heterocycles. The summed E-state index contributed by atoms with van der Waals surface area (Å²) in [6, 6.07) is 12.4. The maximum atomic E-state index is 10.1. The summed E-state index contributed by atoms with van der Waals surface area (Å²) in [5.41, 5.74) is 6.06. The quantitative estimate of drug-likeness (QED) is 0.455. The number of aryl methyl sites for hydroxylation is 1. The lowest BCUT2D eigenvalue weighted by atomic mass is 9.74. The second-order valence-corrected chi connectivity index (χ2v) is 8.71. The van der Waals surface area contributed by atoms with E-state index in [-0.39, 0.29) is 24.5 Å². The van der Waals surface area contributed by atoms with Crippen molar-refractivity contribution in [3.63, 3.8) is 0 Å². The standard InChI is InChI=1S/C28H38O3/c1-6-28(7-2,15-14-22-8-9-24(18-29)25(17-22)19-30)26-12-10-23(21(5)16-26)11-13-27(31)20(3)4/h8-17,20,27,29-31H,6-7,18-19H2,1-5H3/b13-11+,15-14+. The Morgan fingerprint density at radius 3 is 2.13 bits per heavy atom. The first-order chi connectivity index (χ1) is 14.8. The first-order valence-corrected chi connectivity index (χ1v) is 11.3. The van der Waals surface area contributed by atoms with Crippen LogP contribution in [0.5, 0.6) is 0 Å². The van der Waals surface area contributed by atoms with Crippen LogP contribution in [0.15, 0.2) is 48.6 Å². The summed E-state index contributed by atoms with van der Waals surface area (Å²) >= 11 is 0. The molecule has 1 unspecified atom stereocenters. The normalized spacial score (nSPS) is 13.6. The Kier molecular flexibility index (Phi) is 9.24. The summed E-state index contributed by atoms with van der Waals surface area (Å²) in [5, 5.41) is 29.1. The average molecular weight is 423 g/mol. The maximum Gasteiger partial charge on any atom is 0.0747 e. The largest absolute Gasteiger partial charge is 0.392 e. The molecule has 0 aliphatic carbocycles. The van der Waals surface area contributed by atoms with Gasteiger partial charge in [-0.1, -0.05) is 82.3 Å². The van der Waals surface area contributed by atoms with Gasteiger partial charge in [-0.3, -0.25) is 0 Å². The molecule has 2 aromatic rings. The second kappa shape index (κ2) is 11.4. The average Bonchev–Trinajstić information content (AvgIpc) is 2.78. The van der Waals surface area contributed by atoms with Crippen molar-refractivity contribution in [2.75, 3.05) is 0 Å². The van der Waals surface area contributed by atoms with Crippen molar-refractivity contribution in [1.29, 1.82) is 0 Å². The van der Waals surface area contributed by atoms with E-state index in [4.69, 9.17) is 0 Å². The Morgan fingerprint density at radius 2 is 1.58 bits per heavy atom. The molecule has 0 radical (unpaired) electrons. The monoisotopic (exact) mass is 422 g/mol. The Morgan fingerprint density at radius 1 is 0.903 bits per heavy atom. The molecule has 0 aliphatic rings.